The number of aliphatic hydroxyl groups excluding tert-OH is 1. The van der Waals surface area contributed by atoms with Gasteiger partial charge in [-0.25, -0.2) is 9.97 Å². The molecule has 1 N–H and O–H groups in total. The Hall–Kier alpha value is -0.720. The topological polar surface area (TPSA) is 58.5 Å². The lowest BCUT2D eigenvalue weighted by molar-refractivity contribution is -0.0423. The van der Waals surface area contributed by atoms with Gasteiger partial charge in [0.2, 0.25) is 0 Å². The minimum atomic E-state index is -0.146. The van der Waals surface area contributed by atoms with Crippen LogP contribution in [0.5, 0.6) is 0 Å². The highest BCUT2D eigenvalue weighted by atomic mass is 79.9. The van der Waals surface area contributed by atoms with E-state index < -0.39 is 0 Å². The molecule has 2 rings (SSSR count). The number of rotatable bonds is 2. The van der Waals surface area contributed by atoms with Gasteiger partial charge >= 0.3 is 0 Å². The lowest BCUT2D eigenvalue weighted by Crippen LogP contribution is -2.48. The molecule has 6 heteroatoms. The maximum atomic E-state index is 9.19. The average molecular weight is 302 g/mol. The third kappa shape index (κ3) is 3.14. The predicted octanol–water partition coefficient (Wildman–Crippen LogP) is 1.13. The van der Waals surface area contributed by atoms with Gasteiger partial charge in [0, 0.05) is 19.2 Å². The number of hydrogen-bond acceptors (Lipinski definition) is 5. The fraction of sp³-hybridized carbons (Fsp3) is 0.636. The molecule has 5 nitrogen and oxygen atoms in total. The molecule has 17 heavy (non-hydrogen) atoms. The van der Waals surface area contributed by atoms with Crippen molar-refractivity contribution in [2.24, 2.45) is 0 Å². The van der Waals surface area contributed by atoms with Crippen LogP contribution < -0.4 is 4.90 Å². The number of morpholine rings is 1. The van der Waals surface area contributed by atoms with Crippen molar-refractivity contribution in [2.45, 2.75) is 26.1 Å². The lowest BCUT2D eigenvalue weighted by Gasteiger charge is -2.36. The van der Waals surface area contributed by atoms with Gasteiger partial charge in [-0.2, -0.15) is 0 Å². The molecular weight excluding hydrogens is 286 g/mol. The SMILES string of the molecule is Cc1nc(Br)cc(N2CC(C)OC(CO)C2)n1. The van der Waals surface area contributed by atoms with Gasteiger partial charge in [0.15, 0.2) is 0 Å². The zero-order valence-corrected chi connectivity index (χ0v) is 11.5. The summed E-state index contributed by atoms with van der Waals surface area (Å²) in [5.74, 6) is 1.60. The molecular formula is C11H16BrN3O2. The zero-order chi connectivity index (χ0) is 12.4. The minimum Gasteiger partial charge on any atom is -0.394 e. The molecule has 0 aromatic carbocycles. The molecule has 2 heterocycles. The Balaban J connectivity index is 2.20. The molecule has 0 bridgehead atoms. The molecule has 0 radical (unpaired) electrons. The summed E-state index contributed by atoms with van der Waals surface area (Å²) in [5.41, 5.74) is 0. The molecule has 2 atom stereocenters. The van der Waals surface area contributed by atoms with Crippen LogP contribution in [0.3, 0.4) is 0 Å². The van der Waals surface area contributed by atoms with Gasteiger partial charge in [-0.15, -0.1) is 0 Å². The highest BCUT2D eigenvalue weighted by molar-refractivity contribution is 9.10. The maximum absolute atomic E-state index is 9.19. The summed E-state index contributed by atoms with van der Waals surface area (Å²) in [4.78, 5) is 10.7. The Labute approximate surface area is 109 Å². The number of aromatic nitrogens is 2. The fourth-order valence-electron chi connectivity index (χ4n) is 2.01. The highest BCUT2D eigenvalue weighted by Crippen LogP contribution is 2.21. The Morgan fingerprint density at radius 2 is 2.29 bits per heavy atom. The first-order valence-corrected chi connectivity index (χ1v) is 6.40. The molecule has 1 aromatic rings. The van der Waals surface area contributed by atoms with E-state index in [1.54, 1.807) is 0 Å². The maximum Gasteiger partial charge on any atom is 0.133 e. The van der Waals surface area contributed by atoms with Gasteiger partial charge in [-0.1, -0.05) is 0 Å². The Bertz CT molecular complexity index is 382. The van der Waals surface area contributed by atoms with Crippen LogP contribution in [-0.2, 0) is 4.74 Å². The van der Waals surface area contributed by atoms with Crippen molar-refractivity contribution >= 4 is 21.7 Å². The number of aryl methyl sites for hydroxylation is 1. The molecule has 1 aliphatic heterocycles. The molecule has 94 valence electrons. The second-order valence-electron chi connectivity index (χ2n) is 4.25. The molecule has 2 unspecified atom stereocenters. The van der Waals surface area contributed by atoms with Crippen LogP contribution in [0.4, 0.5) is 5.82 Å². The quantitative estimate of drug-likeness (QED) is 0.830. The van der Waals surface area contributed by atoms with Crippen molar-refractivity contribution in [3.05, 3.63) is 16.5 Å². The number of anilines is 1. The van der Waals surface area contributed by atoms with E-state index in [2.05, 4.69) is 30.8 Å². The van der Waals surface area contributed by atoms with E-state index >= 15 is 0 Å². The molecule has 1 aliphatic rings. The van der Waals surface area contributed by atoms with Gasteiger partial charge in [0.05, 0.1) is 18.8 Å². The van der Waals surface area contributed by atoms with E-state index in [1.165, 1.54) is 0 Å². The third-order valence-electron chi connectivity index (χ3n) is 2.65. The van der Waals surface area contributed by atoms with Gasteiger partial charge in [-0.3, -0.25) is 0 Å². The van der Waals surface area contributed by atoms with Crippen molar-refractivity contribution in [2.75, 3.05) is 24.6 Å². The van der Waals surface area contributed by atoms with Gasteiger partial charge in [0.1, 0.15) is 16.2 Å². The van der Waals surface area contributed by atoms with Crippen LogP contribution in [0.1, 0.15) is 12.7 Å². The van der Waals surface area contributed by atoms with E-state index in [4.69, 9.17) is 4.74 Å². The number of hydrogen-bond donors (Lipinski definition) is 1. The number of aliphatic hydroxyl groups is 1. The van der Waals surface area contributed by atoms with E-state index in [0.29, 0.717) is 6.54 Å². The summed E-state index contributed by atoms with van der Waals surface area (Å²) in [6, 6.07) is 1.89. The Kier molecular flexibility index (Phi) is 3.96. The Morgan fingerprint density at radius 1 is 1.53 bits per heavy atom. The average Bonchev–Trinajstić information content (AvgIpc) is 2.26. The van der Waals surface area contributed by atoms with Crippen molar-refractivity contribution < 1.29 is 9.84 Å². The van der Waals surface area contributed by atoms with Crippen LogP contribution in [0.2, 0.25) is 0 Å². The molecule has 1 aromatic heterocycles. The van der Waals surface area contributed by atoms with E-state index in [0.717, 1.165) is 22.8 Å². The minimum absolute atomic E-state index is 0.0338. The fourth-order valence-corrected chi connectivity index (χ4v) is 2.47. The first-order valence-electron chi connectivity index (χ1n) is 5.61. The zero-order valence-electron chi connectivity index (χ0n) is 9.93. The standard InChI is InChI=1S/C11H16BrN3O2/c1-7-4-15(5-9(6-16)17-7)11-3-10(12)13-8(2)14-11/h3,7,9,16H,4-6H2,1-2H3. The number of ether oxygens (including phenoxy) is 1. The van der Waals surface area contributed by atoms with Crippen molar-refractivity contribution in [3.63, 3.8) is 0 Å². The normalized spacial score (nSPS) is 25.1. The highest BCUT2D eigenvalue weighted by Gasteiger charge is 2.25. The van der Waals surface area contributed by atoms with Crippen LogP contribution in [0, 0.1) is 6.92 Å². The summed E-state index contributed by atoms with van der Waals surface area (Å²) in [7, 11) is 0. The first-order chi connectivity index (χ1) is 8.08. The lowest BCUT2D eigenvalue weighted by atomic mass is 10.2. The van der Waals surface area contributed by atoms with Crippen LogP contribution in [0.15, 0.2) is 10.7 Å². The third-order valence-corrected chi connectivity index (χ3v) is 3.05. The summed E-state index contributed by atoms with van der Waals surface area (Å²) in [5, 5.41) is 9.19. The van der Waals surface area contributed by atoms with Crippen LogP contribution in [-0.4, -0.2) is 47.0 Å². The van der Waals surface area contributed by atoms with Crippen molar-refractivity contribution in [1.29, 1.82) is 0 Å². The van der Waals surface area contributed by atoms with E-state index in [1.807, 2.05) is 19.9 Å². The second kappa shape index (κ2) is 5.29. The van der Waals surface area contributed by atoms with Gasteiger partial charge in [-0.05, 0) is 29.8 Å². The molecule has 1 fully saturated rings. The first kappa shape index (κ1) is 12.7. The van der Waals surface area contributed by atoms with Gasteiger partial charge < -0.3 is 14.7 Å². The summed E-state index contributed by atoms with van der Waals surface area (Å²) in [6.45, 7) is 5.33. The monoisotopic (exact) mass is 301 g/mol. The van der Waals surface area contributed by atoms with Crippen molar-refractivity contribution in [1.82, 2.24) is 9.97 Å². The number of halogens is 1. The largest absolute Gasteiger partial charge is 0.394 e. The molecule has 0 amide bonds. The van der Waals surface area contributed by atoms with Gasteiger partial charge in [0.25, 0.3) is 0 Å². The molecule has 1 saturated heterocycles. The summed E-state index contributed by atoms with van der Waals surface area (Å²) < 4.78 is 6.38. The summed E-state index contributed by atoms with van der Waals surface area (Å²) in [6.07, 6.45) is -0.0530. The molecule has 0 spiro atoms. The summed E-state index contributed by atoms with van der Waals surface area (Å²) >= 11 is 3.37. The molecule has 0 saturated carbocycles. The second-order valence-corrected chi connectivity index (χ2v) is 5.06. The predicted molar refractivity (Wildman–Crippen MR) is 68.1 cm³/mol. The smallest absolute Gasteiger partial charge is 0.133 e. The van der Waals surface area contributed by atoms with Crippen molar-refractivity contribution in [3.8, 4) is 0 Å². The van der Waals surface area contributed by atoms with Crippen LogP contribution in [0.25, 0.3) is 0 Å². The molecule has 0 aliphatic carbocycles. The van der Waals surface area contributed by atoms with E-state index in [-0.39, 0.29) is 18.8 Å². The Morgan fingerprint density at radius 3 is 2.94 bits per heavy atom. The van der Waals surface area contributed by atoms with E-state index in [9.17, 15) is 5.11 Å². The number of nitrogens with zero attached hydrogens (tertiary/aromatic N) is 3. The van der Waals surface area contributed by atoms with Crippen LogP contribution >= 0.6 is 15.9 Å².